The van der Waals surface area contributed by atoms with Gasteiger partial charge in [-0.1, -0.05) is 26.8 Å². The van der Waals surface area contributed by atoms with Crippen molar-refractivity contribution >= 4 is 0 Å². The summed E-state index contributed by atoms with van der Waals surface area (Å²) in [6.07, 6.45) is 7.12. The van der Waals surface area contributed by atoms with Crippen LogP contribution in [0.5, 0.6) is 0 Å². The third-order valence-electron chi connectivity index (χ3n) is 3.71. The highest BCUT2D eigenvalue weighted by Gasteiger charge is 2.32. The Morgan fingerprint density at radius 2 is 2.20 bits per heavy atom. The van der Waals surface area contributed by atoms with Gasteiger partial charge in [0.15, 0.2) is 0 Å². The van der Waals surface area contributed by atoms with Crippen molar-refractivity contribution in [2.45, 2.75) is 65.5 Å². The fourth-order valence-corrected chi connectivity index (χ4v) is 2.88. The van der Waals surface area contributed by atoms with Gasteiger partial charge in [0.2, 0.25) is 0 Å². The van der Waals surface area contributed by atoms with Gasteiger partial charge < -0.3 is 5.32 Å². The molecule has 0 spiro atoms. The highest BCUT2D eigenvalue weighted by molar-refractivity contribution is 4.88. The molecule has 1 N–H and O–H groups in total. The molecule has 1 rings (SSSR count). The summed E-state index contributed by atoms with van der Waals surface area (Å²) in [7, 11) is 0. The molecule has 0 saturated heterocycles. The lowest BCUT2D eigenvalue weighted by Gasteiger charge is -2.40. The van der Waals surface area contributed by atoms with E-state index in [1.54, 1.807) is 0 Å². The Balaban J connectivity index is 2.41. The maximum absolute atomic E-state index is 3.80. The van der Waals surface area contributed by atoms with Crippen molar-refractivity contribution in [1.29, 1.82) is 0 Å². The lowest BCUT2D eigenvalue weighted by Crippen LogP contribution is -2.45. The summed E-state index contributed by atoms with van der Waals surface area (Å²) in [6.45, 7) is 13.2. The van der Waals surface area contributed by atoms with Crippen LogP contribution in [0.2, 0.25) is 0 Å². The van der Waals surface area contributed by atoms with Crippen molar-refractivity contribution in [1.82, 2.24) is 5.32 Å². The Labute approximate surface area is 95.3 Å². The van der Waals surface area contributed by atoms with E-state index in [1.807, 2.05) is 6.08 Å². The fourth-order valence-electron chi connectivity index (χ4n) is 2.88. The van der Waals surface area contributed by atoms with Crippen molar-refractivity contribution in [2.75, 3.05) is 0 Å². The van der Waals surface area contributed by atoms with Gasteiger partial charge >= 0.3 is 0 Å². The Morgan fingerprint density at radius 3 is 2.73 bits per heavy atom. The topological polar surface area (TPSA) is 12.0 Å². The smallest absolute Gasteiger partial charge is 0.00956 e. The third-order valence-corrected chi connectivity index (χ3v) is 3.71. The minimum atomic E-state index is 0.555. The van der Waals surface area contributed by atoms with Crippen LogP contribution in [-0.4, -0.2) is 12.1 Å². The largest absolute Gasteiger partial charge is 0.311 e. The molecule has 0 amide bonds. The first-order valence-electron chi connectivity index (χ1n) is 6.31. The van der Waals surface area contributed by atoms with E-state index in [1.165, 1.54) is 19.3 Å². The summed E-state index contributed by atoms with van der Waals surface area (Å²) in [6, 6.07) is 1.30. The number of rotatable bonds is 4. The molecule has 0 heterocycles. The number of hydrogen-bond donors (Lipinski definition) is 1. The molecule has 1 aliphatic carbocycles. The van der Waals surface area contributed by atoms with Crippen LogP contribution in [0.4, 0.5) is 0 Å². The molecule has 88 valence electrons. The Morgan fingerprint density at radius 1 is 1.53 bits per heavy atom. The molecule has 1 heteroatoms. The third kappa shape index (κ3) is 3.98. The van der Waals surface area contributed by atoms with Gasteiger partial charge in [-0.05, 0) is 43.9 Å². The van der Waals surface area contributed by atoms with Crippen LogP contribution in [0, 0.1) is 11.3 Å². The van der Waals surface area contributed by atoms with Gasteiger partial charge in [0.1, 0.15) is 0 Å². The van der Waals surface area contributed by atoms with Crippen LogP contribution in [0.1, 0.15) is 53.4 Å². The zero-order valence-electron chi connectivity index (χ0n) is 10.8. The first kappa shape index (κ1) is 12.8. The second-order valence-corrected chi connectivity index (χ2v) is 6.08. The van der Waals surface area contributed by atoms with Crippen LogP contribution < -0.4 is 5.32 Å². The minimum absolute atomic E-state index is 0.555. The highest BCUT2D eigenvalue weighted by atomic mass is 15.0. The molecule has 3 atom stereocenters. The van der Waals surface area contributed by atoms with Crippen LogP contribution in [0.25, 0.3) is 0 Å². The highest BCUT2D eigenvalue weighted by Crippen LogP contribution is 2.38. The molecule has 1 saturated carbocycles. The first-order valence-corrected chi connectivity index (χ1v) is 6.31. The molecular formula is C14H27N. The molecule has 3 unspecified atom stereocenters. The van der Waals surface area contributed by atoms with Crippen molar-refractivity contribution in [3.05, 3.63) is 12.7 Å². The van der Waals surface area contributed by atoms with E-state index in [0.717, 1.165) is 12.3 Å². The summed E-state index contributed by atoms with van der Waals surface area (Å²) in [5, 5.41) is 3.74. The van der Waals surface area contributed by atoms with Crippen molar-refractivity contribution in [3.8, 4) is 0 Å². The van der Waals surface area contributed by atoms with E-state index in [4.69, 9.17) is 0 Å². The van der Waals surface area contributed by atoms with Gasteiger partial charge in [-0.3, -0.25) is 0 Å². The van der Waals surface area contributed by atoms with Crippen LogP contribution in [0.3, 0.4) is 0 Å². The number of hydrogen-bond acceptors (Lipinski definition) is 1. The summed E-state index contributed by atoms with van der Waals surface area (Å²) < 4.78 is 0. The SMILES string of the molecule is C=CCC(C)NC1CCC(C)(C)CC1C. The van der Waals surface area contributed by atoms with Crippen molar-refractivity contribution in [2.24, 2.45) is 11.3 Å². The van der Waals surface area contributed by atoms with E-state index >= 15 is 0 Å². The van der Waals surface area contributed by atoms with E-state index in [-0.39, 0.29) is 0 Å². The van der Waals surface area contributed by atoms with Crippen LogP contribution >= 0.6 is 0 Å². The molecule has 0 aliphatic heterocycles. The Hall–Kier alpha value is -0.300. The quantitative estimate of drug-likeness (QED) is 0.695. The zero-order chi connectivity index (χ0) is 11.5. The molecule has 0 bridgehead atoms. The first-order chi connectivity index (χ1) is 6.94. The maximum atomic E-state index is 3.80. The molecule has 0 aromatic carbocycles. The second kappa shape index (κ2) is 5.16. The van der Waals surface area contributed by atoms with E-state index in [0.29, 0.717) is 17.5 Å². The molecule has 0 radical (unpaired) electrons. The predicted molar refractivity (Wildman–Crippen MR) is 68.0 cm³/mol. The summed E-state index contributed by atoms with van der Waals surface area (Å²) in [5.41, 5.74) is 0.555. The molecule has 1 fully saturated rings. The summed E-state index contributed by atoms with van der Waals surface area (Å²) in [5.74, 6) is 0.806. The average molecular weight is 209 g/mol. The molecular weight excluding hydrogens is 182 g/mol. The lowest BCUT2D eigenvalue weighted by molar-refractivity contribution is 0.143. The van der Waals surface area contributed by atoms with E-state index in [2.05, 4.69) is 39.6 Å². The van der Waals surface area contributed by atoms with Gasteiger partial charge in [0, 0.05) is 12.1 Å². The number of nitrogens with one attached hydrogen (secondary N) is 1. The van der Waals surface area contributed by atoms with Crippen LogP contribution in [0.15, 0.2) is 12.7 Å². The monoisotopic (exact) mass is 209 g/mol. The zero-order valence-corrected chi connectivity index (χ0v) is 10.8. The molecule has 0 aromatic heterocycles. The van der Waals surface area contributed by atoms with Gasteiger partial charge in [-0.2, -0.15) is 0 Å². The van der Waals surface area contributed by atoms with Gasteiger partial charge in [-0.15, -0.1) is 6.58 Å². The summed E-state index contributed by atoms with van der Waals surface area (Å²) >= 11 is 0. The minimum Gasteiger partial charge on any atom is -0.311 e. The average Bonchev–Trinajstić information content (AvgIpc) is 2.10. The fraction of sp³-hybridized carbons (Fsp3) is 0.857. The normalized spacial score (nSPS) is 32.3. The Kier molecular flexibility index (Phi) is 4.39. The van der Waals surface area contributed by atoms with Crippen molar-refractivity contribution in [3.63, 3.8) is 0 Å². The molecule has 1 aliphatic rings. The Bertz CT molecular complexity index is 207. The summed E-state index contributed by atoms with van der Waals surface area (Å²) in [4.78, 5) is 0. The molecule has 15 heavy (non-hydrogen) atoms. The van der Waals surface area contributed by atoms with E-state index < -0.39 is 0 Å². The lowest BCUT2D eigenvalue weighted by atomic mass is 9.70. The van der Waals surface area contributed by atoms with Crippen LogP contribution in [-0.2, 0) is 0 Å². The maximum Gasteiger partial charge on any atom is 0.00956 e. The molecule has 1 nitrogen and oxygen atoms in total. The van der Waals surface area contributed by atoms with Gasteiger partial charge in [-0.25, -0.2) is 0 Å². The molecule has 0 aromatic rings. The second-order valence-electron chi connectivity index (χ2n) is 6.08. The standard InChI is InChI=1S/C14H27N/c1-6-7-12(3)15-13-8-9-14(4,5)10-11(13)2/h6,11-13,15H,1,7-10H2,2-5H3. The van der Waals surface area contributed by atoms with Gasteiger partial charge in [0.25, 0.3) is 0 Å². The van der Waals surface area contributed by atoms with Gasteiger partial charge in [0.05, 0.1) is 0 Å². The van der Waals surface area contributed by atoms with Crippen molar-refractivity contribution < 1.29 is 0 Å². The predicted octanol–water partition coefficient (Wildman–Crippen LogP) is 3.76. The van der Waals surface area contributed by atoms with E-state index in [9.17, 15) is 0 Å².